The number of anilines is 1. The van der Waals surface area contributed by atoms with Crippen LogP contribution in [0.1, 0.15) is 37.0 Å². The monoisotopic (exact) mass is 310 g/mol. The second kappa shape index (κ2) is 6.42. The van der Waals surface area contributed by atoms with Gasteiger partial charge < -0.3 is 15.4 Å². The van der Waals surface area contributed by atoms with Crippen molar-refractivity contribution in [1.82, 2.24) is 0 Å². The van der Waals surface area contributed by atoms with Crippen LogP contribution >= 0.6 is 0 Å². The van der Waals surface area contributed by atoms with E-state index in [1.807, 2.05) is 42.5 Å². The van der Waals surface area contributed by atoms with Gasteiger partial charge in [-0.15, -0.1) is 0 Å². The van der Waals surface area contributed by atoms with Crippen molar-refractivity contribution in [2.24, 2.45) is 5.73 Å². The molecule has 0 aliphatic carbocycles. The molecular formula is C19H22N2O2. The summed E-state index contributed by atoms with van der Waals surface area (Å²) >= 11 is 0. The van der Waals surface area contributed by atoms with E-state index in [2.05, 4.69) is 19.9 Å². The number of amides is 1. The van der Waals surface area contributed by atoms with Gasteiger partial charge in [0.25, 0.3) is 5.91 Å². The third kappa shape index (κ3) is 2.94. The van der Waals surface area contributed by atoms with Crippen molar-refractivity contribution in [3.63, 3.8) is 0 Å². The van der Waals surface area contributed by atoms with E-state index < -0.39 is 6.10 Å². The summed E-state index contributed by atoms with van der Waals surface area (Å²) in [6, 6.07) is 15.6. The van der Waals surface area contributed by atoms with Crippen LogP contribution in [-0.4, -0.2) is 19.0 Å². The molecule has 0 spiro atoms. The number of benzene rings is 2. The van der Waals surface area contributed by atoms with Crippen LogP contribution in [0.25, 0.3) is 0 Å². The molecule has 4 nitrogen and oxygen atoms in total. The van der Waals surface area contributed by atoms with Crippen LogP contribution in [0.15, 0.2) is 48.5 Å². The normalized spacial score (nSPS) is 17.1. The highest BCUT2D eigenvalue weighted by molar-refractivity contribution is 6.00. The Morgan fingerprint density at radius 3 is 2.57 bits per heavy atom. The summed E-state index contributed by atoms with van der Waals surface area (Å²) < 4.78 is 6.01. The number of ether oxygens (including phenoxy) is 1. The summed E-state index contributed by atoms with van der Waals surface area (Å²) in [5, 5.41) is 0. The maximum atomic E-state index is 12.9. The number of carbonyl (C=O) groups excluding carboxylic acids is 1. The molecule has 1 aliphatic rings. The molecule has 0 radical (unpaired) electrons. The van der Waals surface area contributed by atoms with Crippen LogP contribution in [0.2, 0.25) is 0 Å². The standard InChI is InChI=1S/C19H22N2O2/c1-13(2)15-8-9-17-16(12-15)21(11-10-20)19(22)18(23-17)14-6-4-3-5-7-14/h3-9,12-13,18H,10-11,20H2,1-2H3. The minimum absolute atomic E-state index is 0.0601. The maximum Gasteiger partial charge on any atom is 0.272 e. The van der Waals surface area contributed by atoms with E-state index >= 15 is 0 Å². The number of nitrogens with two attached hydrogens (primary N) is 1. The molecule has 0 aromatic heterocycles. The maximum absolute atomic E-state index is 12.9. The Morgan fingerprint density at radius 1 is 1.17 bits per heavy atom. The average Bonchev–Trinajstić information content (AvgIpc) is 2.57. The predicted molar refractivity (Wildman–Crippen MR) is 91.7 cm³/mol. The minimum atomic E-state index is -0.611. The number of rotatable bonds is 4. The fourth-order valence-electron chi connectivity index (χ4n) is 2.84. The molecule has 120 valence electrons. The van der Waals surface area contributed by atoms with Crippen molar-refractivity contribution < 1.29 is 9.53 Å². The van der Waals surface area contributed by atoms with E-state index in [1.165, 1.54) is 5.56 Å². The van der Waals surface area contributed by atoms with Crippen molar-refractivity contribution >= 4 is 11.6 Å². The average molecular weight is 310 g/mol. The molecule has 1 amide bonds. The molecule has 0 saturated heterocycles. The zero-order chi connectivity index (χ0) is 16.4. The molecule has 0 saturated carbocycles. The highest BCUT2D eigenvalue weighted by Gasteiger charge is 2.35. The Bertz CT molecular complexity index is 698. The summed E-state index contributed by atoms with van der Waals surface area (Å²) in [6.45, 7) is 5.17. The van der Waals surface area contributed by atoms with Gasteiger partial charge in [0, 0.05) is 18.7 Å². The predicted octanol–water partition coefficient (Wildman–Crippen LogP) is 3.24. The van der Waals surface area contributed by atoms with Crippen molar-refractivity contribution in [1.29, 1.82) is 0 Å². The van der Waals surface area contributed by atoms with Crippen molar-refractivity contribution in [3.05, 3.63) is 59.7 Å². The topological polar surface area (TPSA) is 55.6 Å². The Morgan fingerprint density at radius 2 is 1.91 bits per heavy atom. The molecule has 4 heteroatoms. The molecule has 1 heterocycles. The molecular weight excluding hydrogens is 288 g/mol. The van der Waals surface area contributed by atoms with Crippen molar-refractivity contribution in [2.45, 2.75) is 25.9 Å². The van der Waals surface area contributed by atoms with E-state index in [1.54, 1.807) is 4.90 Å². The molecule has 1 atom stereocenters. The molecule has 2 aromatic carbocycles. The fraction of sp³-hybridized carbons (Fsp3) is 0.316. The van der Waals surface area contributed by atoms with Gasteiger partial charge in [-0.25, -0.2) is 0 Å². The van der Waals surface area contributed by atoms with Crippen LogP contribution in [0.3, 0.4) is 0 Å². The molecule has 2 aromatic rings. The lowest BCUT2D eigenvalue weighted by atomic mass is 10.00. The van der Waals surface area contributed by atoms with E-state index in [4.69, 9.17) is 10.5 Å². The first-order valence-electron chi connectivity index (χ1n) is 7.99. The molecule has 2 N–H and O–H groups in total. The highest BCUT2D eigenvalue weighted by Crippen LogP contribution is 2.40. The Hall–Kier alpha value is -2.33. The second-order valence-electron chi connectivity index (χ2n) is 6.07. The van der Waals surface area contributed by atoms with Gasteiger partial charge in [0.15, 0.2) is 0 Å². The summed E-state index contributed by atoms with van der Waals surface area (Å²) in [7, 11) is 0. The summed E-state index contributed by atoms with van der Waals surface area (Å²) in [5.74, 6) is 1.06. The van der Waals surface area contributed by atoms with Crippen LogP contribution in [0.4, 0.5) is 5.69 Å². The van der Waals surface area contributed by atoms with E-state index in [0.29, 0.717) is 19.0 Å². The SMILES string of the molecule is CC(C)c1ccc2c(c1)N(CCN)C(=O)C(c1ccccc1)O2. The van der Waals surface area contributed by atoms with Gasteiger partial charge in [0.05, 0.1) is 5.69 Å². The zero-order valence-electron chi connectivity index (χ0n) is 13.5. The lowest BCUT2D eigenvalue weighted by Gasteiger charge is -2.35. The lowest BCUT2D eigenvalue weighted by Crippen LogP contribution is -2.43. The number of carbonyl (C=O) groups is 1. The van der Waals surface area contributed by atoms with E-state index in [9.17, 15) is 4.79 Å². The highest BCUT2D eigenvalue weighted by atomic mass is 16.5. The van der Waals surface area contributed by atoms with Crippen molar-refractivity contribution in [2.75, 3.05) is 18.0 Å². The molecule has 1 aliphatic heterocycles. The van der Waals surface area contributed by atoms with Gasteiger partial charge in [-0.2, -0.15) is 0 Å². The third-order valence-electron chi connectivity index (χ3n) is 4.13. The molecule has 23 heavy (non-hydrogen) atoms. The molecule has 3 rings (SSSR count). The summed E-state index contributed by atoms with van der Waals surface area (Å²) in [5.41, 5.74) is 8.58. The van der Waals surface area contributed by atoms with Crippen LogP contribution in [-0.2, 0) is 4.79 Å². The molecule has 0 fully saturated rings. The quantitative estimate of drug-likeness (QED) is 0.943. The van der Waals surface area contributed by atoms with Crippen LogP contribution < -0.4 is 15.4 Å². The van der Waals surface area contributed by atoms with E-state index in [0.717, 1.165) is 17.0 Å². The molecule has 0 bridgehead atoms. The lowest BCUT2D eigenvalue weighted by molar-refractivity contribution is -0.126. The Balaban J connectivity index is 2.04. The molecule has 1 unspecified atom stereocenters. The van der Waals surface area contributed by atoms with Gasteiger partial charge in [-0.1, -0.05) is 50.2 Å². The fourth-order valence-corrected chi connectivity index (χ4v) is 2.84. The first-order chi connectivity index (χ1) is 11.1. The van der Waals surface area contributed by atoms with Crippen LogP contribution in [0.5, 0.6) is 5.75 Å². The number of fused-ring (bicyclic) bond motifs is 1. The first-order valence-corrected chi connectivity index (χ1v) is 7.99. The number of nitrogens with zero attached hydrogens (tertiary/aromatic N) is 1. The summed E-state index contributed by atoms with van der Waals surface area (Å²) in [4.78, 5) is 14.7. The first kappa shape index (κ1) is 15.6. The van der Waals surface area contributed by atoms with Gasteiger partial charge in [-0.05, 0) is 23.6 Å². The largest absolute Gasteiger partial charge is 0.474 e. The zero-order valence-corrected chi connectivity index (χ0v) is 13.5. The van der Waals surface area contributed by atoms with Gasteiger partial charge >= 0.3 is 0 Å². The van der Waals surface area contributed by atoms with Gasteiger partial charge in [0.2, 0.25) is 6.10 Å². The summed E-state index contributed by atoms with van der Waals surface area (Å²) in [6.07, 6.45) is -0.611. The third-order valence-corrected chi connectivity index (χ3v) is 4.13. The van der Waals surface area contributed by atoms with Crippen LogP contribution in [0, 0.1) is 0 Å². The minimum Gasteiger partial charge on any atom is -0.474 e. The number of hydrogen-bond acceptors (Lipinski definition) is 3. The van der Waals surface area contributed by atoms with Crippen molar-refractivity contribution in [3.8, 4) is 5.75 Å². The number of hydrogen-bond donors (Lipinski definition) is 1. The second-order valence-corrected chi connectivity index (χ2v) is 6.07. The van der Waals surface area contributed by atoms with Gasteiger partial charge in [0.1, 0.15) is 5.75 Å². The van der Waals surface area contributed by atoms with E-state index in [-0.39, 0.29) is 5.91 Å². The Labute approximate surface area is 136 Å². The van der Waals surface area contributed by atoms with Gasteiger partial charge in [-0.3, -0.25) is 4.79 Å². The Kier molecular flexibility index (Phi) is 4.35. The smallest absolute Gasteiger partial charge is 0.272 e.